The van der Waals surface area contributed by atoms with Gasteiger partial charge in [-0.05, 0) is 55.0 Å². The van der Waals surface area contributed by atoms with Gasteiger partial charge in [0.25, 0.3) is 0 Å². The van der Waals surface area contributed by atoms with Gasteiger partial charge in [0.2, 0.25) is 0 Å². The lowest BCUT2D eigenvalue weighted by atomic mass is 9.89. The molecule has 1 aromatic carbocycles. The van der Waals surface area contributed by atoms with Crippen LogP contribution in [0, 0.1) is 0 Å². The summed E-state index contributed by atoms with van der Waals surface area (Å²) < 4.78 is 0. The van der Waals surface area contributed by atoms with Crippen LogP contribution in [0.4, 0.5) is 5.82 Å². The van der Waals surface area contributed by atoms with E-state index in [4.69, 9.17) is 4.98 Å². The molecule has 0 unspecified atom stereocenters. The zero-order valence-electron chi connectivity index (χ0n) is 14.7. The van der Waals surface area contributed by atoms with Crippen molar-refractivity contribution in [1.29, 1.82) is 0 Å². The number of nitrogens with zero attached hydrogens (tertiary/aromatic N) is 3. The van der Waals surface area contributed by atoms with Crippen molar-refractivity contribution in [2.45, 2.75) is 32.6 Å². The van der Waals surface area contributed by atoms with Crippen molar-refractivity contribution >= 4 is 5.82 Å². The number of piperazine rings is 1. The molecular formula is C21H27N3. The molecule has 0 saturated carbocycles. The van der Waals surface area contributed by atoms with Crippen molar-refractivity contribution in [3.05, 3.63) is 47.7 Å². The van der Waals surface area contributed by atoms with Gasteiger partial charge in [-0.2, -0.15) is 0 Å². The second-order valence-electron chi connectivity index (χ2n) is 6.95. The highest BCUT2D eigenvalue weighted by molar-refractivity contribution is 5.72. The standard InChI is InChI=1S/C21H27N3/c1-2-23-12-14-24(15-13-23)21-16-19(17-8-4-3-5-9-17)18-10-6-7-11-20(18)22-21/h3-5,8-9,16H,2,6-7,10-15H2,1H3. The highest BCUT2D eigenvalue weighted by atomic mass is 15.3. The molecule has 126 valence electrons. The maximum absolute atomic E-state index is 5.08. The summed E-state index contributed by atoms with van der Waals surface area (Å²) in [6.45, 7) is 7.88. The minimum absolute atomic E-state index is 1.09. The van der Waals surface area contributed by atoms with Crippen LogP contribution < -0.4 is 4.90 Å². The summed E-state index contributed by atoms with van der Waals surface area (Å²) in [5.74, 6) is 1.19. The van der Waals surface area contributed by atoms with E-state index in [9.17, 15) is 0 Å². The molecule has 0 amide bonds. The Morgan fingerprint density at radius 2 is 1.71 bits per heavy atom. The van der Waals surface area contributed by atoms with Gasteiger partial charge >= 0.3 is 0 Å². The van der Waals surface area contributed by atoms with Crippen molar-refractivity contribution in [1.82, 2.24) is 9.88 Å². The highest BCUT2D eigenvalue weighted by Gasteiger charge is 2.22. The molecule has 24 heavy (non-hydrogen) atoms. The number of pyridine rings is 1. The third-order valence-electron chi connectivity index (χ3n) is 5.52. The molecule has 2 aromatic rings. The van der Waals surface area contributed by atoms with E-state index >= 15 is 0 Å². The Morgan fingerprint density at radius 1 is 0.958 bits per heavy atom. The summed E-state index contributed by atoms with van der Waals surface area (Å²) >= 11 is 0. The Morgan fingerprint density at radius 3 is 2.46 bits per heavy atom. The van der Waals surface area contributed by atoms with Crippen LogP contribution in [0.15, 0.2) is 36.4 Å². The largest absolute Gasteiger partial charge is 0.354 e. The van der Waals surface area contributed by atoms with Crippen LogP contribution in [-0.2, 0) is 12.8 Å². The molecule has 0 bridgehead atoms. The van der Waals surface area contributed by atoms with E-state index in [2.05, 4.69) is 53.1 Å². The molecule has 1 aliphatic carbocycles. The molecule has 0 N–H and O–H groups in total. The van der Waals surface area contributed by atoms with Gasteiger partial charge in [-0.3, -0.25) is 0 Å². The number of likely N-dealkylation sites (N-methyl/N-ethyl adjacent to an activating group) is 1. The Balaban J connectivity index is 1.71. The molecule has 3 heteroatoms. The van der Waals surface area contributed by atoms with E-state index in [0.717, 1.165) is 39.1 Å². The molecule has 3 nitrogen and oxygen atoms in total. The van der Waals surface area contributed by atoms with Gasteiger partial charge < -0.3 is 9.80 Å². The predicted octanol–water partition coefficient (Wildman–Crippen LogP) is 3.77. The molecule has 2 heterocycles. The monoisotopic (exact) mass is 321 g/mol. The Hall–Kier alpha value is -1.87. The summed E-state index contributed by atoms with van der Waals surface area (Å²) in [5.41, 5.74) is 5.58. The Labute approximate surface area is 145 Å². The van der Waals surface area contributed by atoms with Crippen molar-refractivity contribution < 1.29 is 0 Å². The zero-order chi connectivity index (χ0) is 16.4. The van der Waals surface area contributed by atoms with E-state index in [1.165, 1.54) is 47.5 Å². The fourth-order valence-corrected chi connectivity index (χ4v) is 4.02. The molecule has 4 rings (SSSR count). The maximum atomic E-state index is 5.08. The van der Waals surface area contributed by atoms with Crippen molar-refractivity contribution in [3.63, 3.8) is 0 Å². The lowest BCUT2D eigenvalue weighted by Gasteiger charge is -2.35. The number of benzene rings is 1. The van der Waals surface area contributed by atoms with E-state index < -0.39 is 0 Å². The average Bonchev–Trinajstić information content (AvgIpc) is 2.68. The topological polar surface area (TPSA) is 19.4 Å². The number of aryl methyl sites for hydroxylation is 1. The van der Waals surface area contributed by atoms with Crippen LogP contribution in [-0.4, -0.2) is 42.6 Å². The van der Waals surface area contributed by atoms with Crippen LogP contribution in [0.2, 0.25) is 0 Å². The normalized spacial score (nSPS) is 18.5. The third-order valence-corrected chi connectivity index (χ3v) is 5.52. The molecule has 0 atom stereocenters. The van der Waals surface area contributed by atoms with Crippen LogP contribution >= 0.6 is 0 Å². The highest BCUT2D eigenvalue weighted by Crippen LogP contribution is 2.33. The van der Waals surface area contributed by atoms with Gasteiger partial charge in [-0.25, -0.2) is 4.98 Å². The first kappa shape index (κ1) is 15.6. The van der Waals surface area contributed by atoms with Gasteiger partial charge in [0.05, 0.1) is 0 Å². The molecule has 1 saturated heterocycles. The maximum Gasteiger partial charge on any atom is 0.129 e. The van der Waals surface area contributed by atoms with Crippen LogP contribution in [0.1, 0.15) is 31.0 Å². The van der Waals surface area contributed by atoms with Gasteiger partial charge in [-0.15, -0.1) is 0 Å². The minimum Gasteiger partial charge on any atom is -0.354 e. The van der Waals surface area contributed by atoms with E-state index in [1.807, 2.05) is 0 Å². The first-order valence-electron chi connectivity index (χ1n) is 9.40. The van der Waals surface area contributed by atoms with E-state index in [-0.39, 0.29) is 0 Å². The van der Waals surface area contributed by atoms with Crippen molar-refractivity contribution in [2.75, 3.05) is 37.6 Å². The Kier molecular flexibility index (Phi) is 4.52. The molecule has 1 aliphatic heterocycles. The summed E-state index contributed by atoms with van der Waals surface area (Å²) in [6.07, 6.45) is 4.89. The van der Waals surface area contributed by atoms with Gasteiger partial charge in [-0.1, -0.05) is 37.3 Å². The van der Waals surface area contributed by atoms with Crippen molar-refractivity contribution in [2.24, 2.45) is 0 Å². The smallest absolute Gasteiger partial charge is 0.129 e. The summed E-state index contributed by atoms with van der Waals surface area (Å²) in [6, 6.07) is 13.2. The quantitative estimate of drug-likeness (QED) is 0.858. The second-order valence-corrected chi connectivity index (χ2v) is 6.95. The number of hydrogen-bond acceptors (Lipinski definition) is 3. The fourth-order valence-electron chi connectivity index (χ4n) is 4.02. The van der Waals surface area contributed by atoms with E-state index in [1.54, 1.807) is 0 Å². The third kappa shape index (κ3) is 3.05. The van der Waals surface area contributed by atoms with Gasteiger partial charge in [0.1, 0.15) is 5.82 Å². The summed E-state index contributed by atoms with van der Waals surface area (Å²) in [4.78, 5) is 10.1. The number of rotatable bonds is 3. The number of hydrogen-bond donors (Lipinski definition) is 0. The first-order valence-corrected chi connectivity index (χ1v) is 9.40. The van der Waals surface area contributed by atoms with Crippen LogP contribution in [0.25, 0.3) is 11.1 Å². The van der Waals surface area contributed by atoms with Crippen LogP contribution in [0.3, 0.4) is 0 Å². The molecule has 2 aliphatic rings. The van der Waals surface area contributed by atoms with Gasteiger partial charge in [0.15, 0.2) is 0 Å². The number of aromatic nitrogens is 1. The minimum atomic E-state index is 1.09. The second kappa shape index (κ2) is 6.94. The predicted molar refractivity (Wildman–Crippen MR) is 101 cm³/mol. The van der Waals surface area contributed by atoms with Crippen LogP contribution in [0.5, 0.6) is 0 Å². The SMILES string of the molecule is CCN1CCN(c2cc(-c3ccccc3)c3c(n2)CCCC3)CC1. The first-order chi connectivity index (χ1) is 11.8. The molecule has 1 fully saturated rings. The lowest BCUT2D eigenvalue weighted by molar-refractivity contribution is 0.270. The molecule has 0 radical (unpaired) electrons. The fraction of sp³-hybridized carbons (Fsp3) is 0.476. The lowest BCUT2D eigenvalue weighted by Crippen LogP contribution is -2.46. The van der Waals surface area contributed by atoms with Crippen molar-refractivity contribution in [3.8, 4) is 11.1 Å². The molecule has 0 spiro atoms. The molecular weight excluding hydrogens is 294 g/mol. The summed E-state index contributed by atoms with van der Waals surface area (Å²) in [5, 5.41) is 0. The number of fused-ring (bicyclic) bond motifs is 1. The average molecular weight is 321 g/mol. The zero-order valence-corrected chi connectivity index (χ0v) is 14.7. The Bertz CT molecular complexity index is 688. The van der Waals surface area contributed by atoms with E-state index in [0.29, 0.717) is 0 Å². The summed E-state index contributed by atoms with van der Waals surface area (Å²) in [7, 11) is 0. The molecule has 1 aromatic heterocycles. The number of anilines is 1. The van der Waals surface area contributed by atoms with Gasteiger partial charge in [0, 0.05) is 31.9 Å².